The van der Waals surface area contributed by atoms with Crippen molar-refractivity contribution >= 4 is 5.97 Å². The Hall–Kier alpha value is -2.69. The maximum Gasteiger partial charge on any atom is 0.344 e. The minimum Gasteiger partial charge on any atom is -0.497 e. The normalized spacial score (nSPS) is 16.5. The van der Waals surface area contributed by atoms with Crippen LogP contribution in [0.2, 0.25) is 0 Å². The standard InChI is InChI=1S/C21H24O5/c1-3-19(21(22)23)25-16-8-4-14(5-9-16)6-10-18-12-15-7-11-17(24-2)13-20(15)26-18/h4-5,7-9,11,13,18-19H,3,6,10,12H2,1-2H3,(H,22,23). The smallest absolute Gasteiger partial charge is 0.344 e. The Morgan fingerprint density at radius 2 is 1.96 bits per heavy atom. The number of hydrogen-bond donors (Lipinski definition) is 1. The average molecular weight is 356 g/mol. The lowest BCUT2D eigenvalue weighted by Crippen LogP contribution is -2.25. The maximum atomic E-state index is 11.0. The van der Waals surface area contributed by atoms with Gasteiger partial charge in [-0.1, -0.05) is 25.1 Å². The first-order chi connectivity index (χ1) is 12.6. The minimum atomic E-state index is -0.939. The van der Waals surface area contributed by atoms with Crippen molar-refractivity contribution in [1.82, 2.24) is 0 Å². The highest BCUT2D eigenvalue weighted by atomic mass is 16.5. The van der Waals surface area contributed by atoms with Crippen molar-refractivity contribution in [1.29, 1.82) is 0 Å². The number of methoxy groups -OCH3 is 1. The van der Waals surface area contributed by atoms with Gasteiger partial charge in [-0.2, -0.15) is 0 Å². The number of rotatable bonds is 8. The largest absolute Gasteiger partial charge is 0.497 e. The van der Waals surface area contributed by atoms with Gasteiger partial charge in [0.05, 0.1) is 7.11 Å². The summed E-state index contributed by atoms with van der Waals surface area (Å²) in [5, 5.41) is 9.06. The Morgan fingerprint density at radius 3 is 2.62 bits per heavy atom. The Morgan fingerprint density at radius 1 is 1.23 bits per heavy atom. The summed E-state index contributed by atoms with van der Waals surface area (Å²) in [6.45, 7) is 1.79. The summed E-state index contributed by atoms with van der Waals surface area (Å²) in [5.74, 6) is 1.37. The zero-order valence-corrected chi connectivity index (χ0v) is 15.1. The van der Waals surface area contributed by atoms with Crippen LogP contribution in [0.1, 0.15) is 30.9 Å². The number of fused-ring (bicyclic) bond motifs is 1. The Balaban J connectivity index is 1.52. The fourth-order valence-corrected chi connectivity index (χ4v) is 3.10. The van der Waals surface area contributed by atoms with Gasteiger partial charge < -0.3 is 19.3 Å². The molecule has 0 spiro atoms. The van der Waals surface area contributed by atoms with Gasteiger partial charge in [0.2, 0.25) is 0 Å². The quantitative estimate of drug-likeness (QED) is 0.778. The van der Waals surface area contributed by atoms with Gasteiger partial charge in [0, 0.05) is 12.5 Å². The van der Waals surface area contributed by atoms with E-state index in [0.717, 1.165) is 30.8 Å². The summed E-state index contributed by atoms with van der Waals surface area (Å²) in [4.78, 5) is 11.0. The summed E-state index contributed by atoms with van der Waals surface area (Å²) in [5.41, 5.74) is 2.40. The Bertz CT molecular complexity index is 753. The van der Waals surface area contributed by atoms with Crippen LogP contribution in [0.4, 0.5) is 0 Å². The highest BCUT2D eigenvalue weighted by Gasteiger charge is 2.23. The lowest BCUT2D eigenvalue weighted by Gasteiger charge is -2.14. The summed E-state index contributed by atoms with van der Waals surface area (Å²) in [7, 11) is 1.65. The summed E-state index contributed by atoms with van der Waals surface area (Å²) in [6.07, 6.45) is 2.53. The fraction of sp³-hybridized carbons (Fsp3) is 0.381. The fourth-order valence-electron chi connectivity index (χ4n) is 3.10. The SMILES string of the molecule is CCC(Oc1ccc(CCC2Cc3ccc(OC)cc3O2)cc1)C(=O)O. The molecule has 3 rings (SSSR count). The average Bonchev–Trinajstić information content (AvgIpc) is 3.07. The summed E-state index contributed by atoms with van der Waals surface area (Å²) >= 11 is 0. The van der Waals surface area contributed by atoms with E-state index in [2.05, 4.69) is 6.07 Å². The number of benzene rings is 2. The minimum absolute atomic E-state index is 0.171. The number of ether oxygens (including phenoxy) is 3. The van der Waals surface area contributed by atoms with Gasteiger partial charge in [-0.25, -0.2) is 4.79 Å². The predicted molar refractivity (Wildman–Crippen MR) is 98.2 cm³/mol. The molecule has 1 aliphatic heterocycles. The zero-order chi connectivity index (χ0) is 18.5. The van der Waals surface area contributed by atoms with E-state index in [9.17, 15) is 4.79 Å². The van der Waals surface area contributed by atoms with Gasteiger partial charge in [-0.05, 0) is 48.6 Å². The van der Waals surface area contributed by atoms with Crippen molar-refractivity contribution in [3.05, 3.63) is 53.6 Å². The molecule has 0 bridgehead atoms. The first-order valence-electron chi connectivity index (χ1n) is 8.91. The zero-order valence-electron chi connectivity index (χ0n) is 15.1. The van der Waals surface area contributed by atoms with Crippen LogP contribution >= 0.6 is 0 Å². The van der Waals surface area contributed by atoms with E-state index < -0.39 is 12.1 Å². The molecule has 2 unspecified atom stereocenters. The second-order valence-corrected chi connectivity index (χ2v) is 6.45. The van der Waals surface area contributed by atoms with Crippen molar-refractivity contribution in [3.63, 3.8) is 0 Å². The molecule has 1 aliphatic rings. The van der Waals surface area contributed by atoms with Gasteiger partial charge in [0.1, 0.15) is 23.4 Å². The molecule has 1 N–H and O–H groups in total. The monoisotopic (exact) mass is 356 g/mol. The van der Waals surface area contributed by atoms with Crippen molar-refractivity contribution in [3.8, 4) is 17.2 Å². The maximum absolute atomic E-state index is 11.0. The van der Waals surface area contributed by atoms with E-state index in [4.69, 9.17) is 19.3 Å². The molecule has 0 aliphatic carbocycles. The van der Waals surface area contributed by atoms with Crippen LogP contribution < -0.4 is 14.2 Å². The number of carbonyl (C=O) groups is 1. The molecule has 138 valence electrons. The van der Waals surface area contributed by atoms with Crippen LogP contribution in [0.5, 0.6) is 17.2 Å². The number of hydrogen-bond acceptors (Lipinski definition) is 4. The van der Waals surface area contributed by atoms with Crippen LogP contribution in [0.3, 0.4) is 0 Å². The molecule has 0 radical (unpaired) electrons. The third-order valence-corrected chi connectivity index (χ3v) is 4.62. The van der Waals surface area contributed by atoms with E-state index in [1.54, 1.807) is 14.0 Å². The van der Waals surface area contributed by atoms with Crippen LogP contribution in [-0.4, -0.2) is 30.4 Å². The summed E-state index contributed by atoms with van der Waals surface area (Å²) < 4.78 is 16.7. The molecule has 2 atom stereocenters. The molecule has 0 saturated heterocycles. The van der Waals surface area contributed by atoms with Crippen LogP contribution in [0.25, 0.3) is 0 Å². The van der Waals surface area contributed by atoms with Gasteiger partial charge in [-0.3, -0.25) is 0 Å². The molecule has 0 saturated carbocycles. The topological polar surface area (TPSA) is 65.0 Å². The molecule has 5 nitrogen and oxygen atoms in total. The van der Waals surface area contributed by atoms with Gasteiger partial charge >= 0.3 is 5.97 Å². The van der Waals surface area contributed by atoms with Crippen molar-refractivity contribution in [2.75, 3.05) is 7.11 Å². The second-order valence-electron chi connectivity index (χ2n) is 6.45. The third-order valence-electron chi connectivity index (χ3n) is 4.62. The van der Waals surface area contributed by atoms with E-state index in [0.29, 0.717) is 12.2 Å². The van der Waals surface area contributed by atoms with Gasteiger partial charge in [0.15, 0.2) is 6.10 Å². The van der Waals surface area contributed by atoms with Crippen molar-refractivity contribution < 1.29 is 24.1 Å². The van der Waals surface area contributed by atoms with Crippen molar-refractivity contribution in [2.45, 2.75) is 44.8 Å². The summed E-state index contributed by atoms with van der Waals surface area (Å²) in [6, 6.07) is 13.6. The highest BCUT2D eigenvalue weighted by molar-refractivity contribution is 5.72. The number of carboxylic acids is 1. The van der Waals surface area contributed by atoms with Gasteiger partial charge in [-0.15, -0.1) is 0 Å². The molecule has 26 heavy (non-hydrogen) atoms. The molecule has 0 amide bonds. The Labute approximate surface area is 153 Å². The molecule has 0 fully saturated rings. The van der Waals surface area contributed by atoms with E-state index in [1.165, 1.54) is 11.1 Å². The van der Waals surface area contributed by atoms with Crippen molar-refractivity contribution in [2.24, 2.45) is 0 Å². The highest BCUT2D eigenvalue weighted by Crippen LogP contribution is 2.33. The third kappa shape index (κ3) is 4.28. The molecule has 2 aromatic rings. The lowest BCUT2D eigenvalue weighted by molar-refractivity contribution is -0.145. The number of carboxylic acid groups (broad SMARTS) is 1. The van der Waals surface area contributed by atoms with Crippen LogP contribution in [0, 0.1) is 0 Å². The molecular weight excluding hydrogens is 332 g/mol. The molecule has 2 aromatic carbocycles. The predicted octanol–water partition coefficient (Wildman–Crippen LogP) is 3.87. The number of aryl methyl sites for hydroxylation is 1. The molecular formula is C21H24O5. The second kappa shape index (κ2) is 8.13. The van der Waals surface area contributed by atoms with E-state index in [-0.39, 0.29) is 6.10 Å². The van der Waals surface area contributed by atoms with Gasteiger partial charge in [0.25, 0.3) is 0 Å². The van der Waals surface area contributed by atoms with E-state index >= 15 is 0 Å². The Kier molecular flexibility index (Phi) is 5.66. The van der Waals surface area contributed by atoms with E-state index in [1.807, 2.05) is 36.4 Å². The van der Waals surface area contributed by atoms with Crippen LogP contribution in [0.15, 0.2) is 42.5 Å². The molecule has 1 heterocycles. The molecule has 0 aromatic heterocycles. The molecule has 5 heteroatoms. The lowest BCUT2D eigenvalue weighted by atomic mass is 10.0. The number of aliphatic carboxylic acids is 1. The first-order valence-corrected chi connectivity index (χ1v) is 8.91. The van der Waals surface area contributed by atoms with Crippen LogP contribution in [-0.2, 0) is 17.6 Å². The first kappa shape index (κ1) is 18.1.